The van der Waals surface area contributed by atoms with Crippen LogP contribution in [0, 0.1) is 0 Å². The van der Waals surface area contributed by atoms with E-state index in [-0.39, 0.29) is 0 Å². The van der Waals surface area contributed by atoms with Gasteiger partial charge in [-0.05, 0) is 12.1 Å². The van der Waals surface area contributed by atoms with Crippen LogP contribution in [0.4, 0.5) is 0 Å². The highest BCUT2D eigenvalue weighted by molar-refractivity contribution is 7.13. The smallest absolute Gasteiger partial charge is 0.226 e. The molecule has 0 spiro atoms. The Morgan fingerprint density at radius 3 is 2.75 bits per heavy atom. The SMILES string of the molecule is c1ccc(-c2nc(-c3nccs3)co2)cc1. The predicted octanol–water partition coefficient (Wildman–Crippen LogP) is 3.47. The van der Waals surface area contributed by atoms with Crippen LogP contribution in [-0.2, 0) is 0 Å². The standard InChI is InChI=1S/C12H8N2OS/c1-2-4-9(5-3-1)11-14-10(8-15-11)12-13-6-7-16-12/h1-8H. The van der Waals surface area contributed by atoms with Crippen LogP contribution < -0.4 is 0 Å². The Morgan fingerprint density at radius 2 is 2.00 bits per heavy atom. The van der Waals surface area contributed by atoms with Gasteiger partial charge in [0.15, 0.2) is 0 Å². The first-order chi connectivity index (χ1) is 7.93. The molecule has 0 radical (unpaired) electrons. The van der Waals surface area contributed by atoms with Gasteiger partial charge in [0.1, 0.15) is 17.0 Å². The van der Waals surface area contributed by atoms with Crippen molar-refractivity contribution in [2.75, 3.05) is 0 Å². The highest BCUT2D eigenvalue weighted by Crippen LogP contribution is 2.25. The summed E-state index contributed by atoms with van der Waals surface area (Å²) < 4.78 is 5.43. The minimum absolute atomic E-state index is 0.630. The summed E-state index contributed by atoms with van der Waals surface area (Å²) in [5.74, 6) is 0.630. The third-order valence-corrected chi connectivity index (χ3v) is 2.97. The number of aromatic nitrogens is 2. The summed E-state index contributed by atoms with van der Waals surface area (Å²) in [6.45, 7) is 0. The molecular formula is C12H8N2OS. The Kier molecular flexibility index (Phi) is 2.27. The lowest BCUT2D eigenvalue weighted by atomic mass is 10.2. The minimum atomic E-state index is 0.630. The molecule has 0 N–H and O–H groups in total. The first kappa shape index (κ1) is 9.30. The second-order valence-corrected chi connectivity index (χ2v) is 4.14. The maximum absolute atomic E-state index is 5.43. The minimum Gasteiger partial charge on any atom is -0.444 e. The Bertz CT molecular complexity index is 572. The fourth-order valence-corrected chi connectivity index (χ4v) is 2.02. The van der Waals surface area contributed by atoms with Crippen molar-refractivity contribution in [2.45, 2.75) is 0 Å². The Morgan fingerprint density at radius 1 is 1.12 bits per heavy atom. The topological polar surface area (TPSA) is 38.9 Å². The molecule has 3 aromatic rings. The molecule has 0 fully saturated rings. The van der Waals surface area contributed by atoms with Gasteiger partial charge >= 0.3 is 0 Å². The summed E-state index contributed by atoms with van der Waals surface area (Å²) in [4.78, 5) is 8.59. The van der Waals surface area contributed by atoms with Gasteiger partial charge in [0.05, 0.1) is 0 Å². The van der Waals surface area contributed by atoms with Gasteiger partial charge in [0.25, 0.3) is 0 Å². The van der Waals surface area contributed by atoms with Gasteiger partial charge < -0.3 is 4.42 Å². The molecule has 0 atom stereocenters. The molecule has 1 aromatic carbocycles. The largest absolute Gasteiger partial charge is 0.444 e. The molecule has 2 heterocycles. The molecule has 4 heteroatoms. The van der Waals surface area contributed by atoms with Crippen molar-refractivity contribution >= 4 is 11.3 Å². The lowest BCUT2D eigenvalue weighted by Crippen LogP contribution is -1.77. The van der Waals surface area contributed by atoms with Gasteiger partial charge in [-0.3, -0.25) is 0 Å². The molecule has 3 rings (SSSR count). The van der Waals surface area contributed by atoms with E-state index in [4.69, 9.17) is 4.42 Å². The first-order valence-corrected chi connectivity index (χ1v) is 5.72. The number of oxazole rings is 1. The van der Waals surface area contributed by atoms with E-state index in [0.29, 0.717) is 5.89 Å². The van der Waals surface area contributed by atoms with Gasteiger partial charge in [-0.25, -0.2) is 9.97 Å². The van der Waals surface area contributed by atoms with Crippen molar-refractivity contribution < 1.29 is 4.42 Å². The predicted molar refractivity (Wildman–Crippen MR) is 63.0 cm³/mol. The molecule has 16 heavy (non-hydrogen) atoms. The lowest BCUT2D eigenvalue weighted by molar-refractivity contribution is 0.575. The Labute approximate surface area is 96.4 Å². The van der Waals surface area contributed by atoms with Crippen LogP contribution in [0.3, 0.4) is 0 Å². The van der Waals surface area contributed by atoms with Crippen molar-refractivity contribution in [3.05, 3.63) is 48.2 Å². The number of hydrogen-bond donors (Lipinski definition) is 0. The molecule has 3 nitrogen and oxygen atoms in total. The number of benzene rings is 1. The third kappa shape index (κ3) is 1.63. The summed E-state index contributed by atoms with van der Waals surface area (Å²) in [7, 11) is 0. The van der Waals surface area contributed by atoms with Crippen LogP contribution in [0.15, 0.2) is 52.6 Å². The monoisotopic (exact) mass is 228 g/mol. The van der Waals surface area contributed by atoms with E-state index in [1.54, 1.807) is 23.8 Å². The zero-order valence-corrected chi connectivity index (χ0v) is 9.15. The summed E-state index contributed by atoms with van der Waals surface area (Å²) in [6.07, 6.45) is 3.40. The fraction of sp³-hybridized carbons (Fsp3) is 0. The fourth-order valence-electron chi connectivity index (χ4n) is 1.44. The third-order valence-electron chi connectivity index (χ3n) is 2.18. The summed E-state index contributed by atoms with van der Waals surface area (Å²) in [5.41, 5.74) is 1.76. The molecule has 78 valence electrons. The van der Waals surface area contributed by atoms with Crippen molar-refractivity contribution in [3.8, 4) is 22.2 Å². The summed E-state index contributed by atoms with van der Waals surface area (Å²) in [6, 6.07) is 9.83. The van der Waals surface area contributed by atoms with Crippen LogP contribution in [0.2, 0.25) is 0 Å². The molecular weight excluding hydrogens is 220 g/mol. The molecule has 0 saturated carbocycles. The average molecular weight is 228 g/mol. The molecule has 0 saturated heterocycles. The summed E-state index contributed by atoms with van der Waals surface area (Å²) >= 11 is 1.55. The van der Waals surface area contributed by atoms with Crippen LogP contribution in [0.5, 0.6) is 0 Å². The maximum atomic E-state index is 5.43. The Hall–Kier alpha value is -1.94. The van der Waals surface area contributed by atoms with Gasteiger partial charge in [0, 0.05) is 17.1 Å². The molecule has 0 aliphatic heterocycles. The number of hydrogen-bond acceptors (Lipinski definition) is 4. The average Bonchev–Trinajstić information content (AvgIpc) is 3.01. The van der Waals surface area contributed by atoms with E-state index >= 15 is 0 Å². The van der Waals surface area contributed by atoms with E-state index in [9.17, 15) is 0 Å². The number of rotatable bonds is 2. The van der Waals surface area contributed by atoms with Crippen LogP contribution in [-0.4, -0.2) is 9.97 Å². The zero-order chi connectivity index (χ0) is 10.8. The van der Waals surface area contributed by atoms with Gasteiger partial charge in [-0.2, -0.15) is 0 Å². The van der Waals surface area contributed by atoms with Gasteiger partial charge in [0.2, 0.25) is 5.89 Å². The second kappa shape index (κ2) is 3.90. The molecule has 0 bridgehead atoms. The van der Waals surface area contributed by atoms with Crippen molar-refractivity contribution in [3.63, 3.8) is 0 Å². The maximum Gasteiger partial charge on any atom is 0.226 e. The number of thiazole rings is 1. The van der Waals surface area contributed by atoms with E-state index in [0.717, 1.165) is 16.3 Å². The van der Waals surface area contributed by atoms with Crippen molar-refractivity contribution in [2.24, 2.45) is 0 Å². The van der Waals surface area contributed by atoms with E-state index in [2.05, 4.69) is 9.97 Å². The molecule has 0 amide bonds. The quantitative estimate of drug-likeness (QED) is 0.674. The molecule has 0 unspecified atom stereocenters. The van der Waals surface area contributed by atoms with Gasteiger partial charge in [-0.15, -0.1) is 11.3 Å². The van der Waals surface area contributed by atoms with Crippen LogP contribution in [0.1, 0.15) is 0 Å². The first-order valence-electron chi connectivity index (χ1n) is 4.84. The highest BCUT2D eigenvalue weighted by atomic mass is 32.1. The lowest BCUT2D eigenvalue weighted by Gasteiger charge is -1.91. The second-order valence-electron chi connectivity index (χ2n) is 3.24. The molecule has 2 aromatic heterocycles. The van der Waals surface area contributed by atoms with E-state index in [1.807, 2.05) is 35.7 Å². The van der Waals surface area contributed by atoms with E-state index in [1.165, 1.54) is 0 Å². The van der Waals surface area contributed by atoms with Crippen molar-refractivity contribution in [1.82, 2.24) is 9.97 Å². The Balaban J connectivity index is 2.00. The number of nitrogens with zero attached hydrogens (tertiary/aromatic N) is 2. The van der Waals surface area contributed by atoms with E-state index < -0.39 is 0 Å². The van der Waals surface area contributed by atoms with Crippen LogP contribution >= 0.6 is 11.3 Å². The highest BCUT2D eigenvalue weighted by Gasteiger charge is 2.09. The normalized spacial score (nSPS) is 10.5. The van der Waals surface area contributed by atoms with Gasteiger partial charge in [-0.1, -0.05) is 18.2 Å². The molecule has 0 aliphatic rings. The molecule has 0 aliphatic carbocycles. The van der Waals surface area contributed by atoms with Crippen molar-refractivity contribution in [1.29, 1.82) is 0 Å². The zero-order valence-electron chi connectivity index (χ0n) is 8.33. The summed E-state index contributed by atoms with van der Waals surface area (Å²) in [5, 5.41) is 2.80. The van der Waals surface area contributed by atoms with Crippen LogP contribution in [0.25, 0.3) is 22.2 Å².